The molecule has 2 aromatic carbocycles. The number of para-hydroxylation sites is 1. The van der Waals surface area contributed by atoms with Crippen molar-refractivity contribution >= 4 is 16.6 Å². The highest BCUT2D eigenvalue weighted by Crippen LogP contribution is 2.30. The minimum atomic E-state index is 0.826. The average molecular weight is 365 g/mol. The fourth-order valence-electron chi connectivity index (χ4n) is 3.54. The molecule has 0 saturated carbocycles. The largest absolute Gasteiger partial charge is 0.309 e. The van der Waals surface area contributed by atoms with Crippen LogP contribution in [0.3, 0.4) is 0 Å². The summed E-state index contributed by atoms with van der Waals surface area (Å²) in [5.74, 6) is 0. The van der Waals surface area contributed by atoms with Crippen LogP contribution >= 0.6 is 0 Å². The van der Waals surface area contributed by atoms with Crippen LogP contribution in [0.4, 0.5) is 0 Å². The van der Waals surface area contributed by atoms with E-state index in [1.54, 1.807) is 6.33 Å². The summed E-state index contributed by atoms with van der Waals surface area (Å²) in [5, 5.41) is 13.0. The van der Waals surface area contributed by atoms with Gasteiger partial charge < -0.3 is 5.32 Å². The van der Waals surface area contributed by atoms with Gasteiger partial charge in [-0.05, 0) is 46.5 Å². The minimum absolute atomic E-state index is 0.826. The number of rotatable bonds is 5. The average Bonchev–Trinajstić information content (AvgIpc) is 3.24. The molecule has 0 aliphatic carbocycles. The van der Waals surface area contributed by atoms with Gasteiger partial charge in [-0.2, -0.15) is 0 Å². The molecule has 0 spiro atoms. The number of nitrogens with zero attached hydrogens (tertiary/aromatic N) is 4. The molecule has 0 unspecified atom stereocenters. The minimum Gasteiger partial charge on any atom is -0.309 e. The van der Waals surface area contributed by atoms with Crippen LogP contribution in [0.15, 0.2) is 85.5 Å². The Morgan fingerprint density at radius 1 is 0.821 bits per heavy atom. The Hall–Kier alpha value is -3.57. The van der Waals surface area contributed by atoms with E-state index in [4.69, 9.17) is 0 Å². The zero-order chi connectivity index (χ0) is 18.8. The van der Waals surface area contributed by atoms with E-state index in [1.165, 1.54) is 27.6 Å². The zero-order valence-corrected chi connectivity index (χ0v) is 15.3. The van der Waals surface area contributed by atoms with Crippen LogP contribution in [0.5, 0.6) is 0 Å². The molecule has 0 amide bonds. The highest BCUT2D eigenvalue weighted by atomic mass is 15.2. The number of benzene rings is 2. The van der Waals surface area contributed by atoms with Crippen LogP contribution in [-0.4, -0.2) is 19.6 Å². The third-order valence-electron chi connectivity index (χ3n) is 4.97. The fraction of sp³-hybridized carbons (Fsp3) is 0.0870. The van der Waals surface area contributed by atoms with Crippen LogP contribution in [0.1, 0.15) is 11.1 Å². The SMILES string of the molecule is c1ccc2c(c1)c(-c1ccc(CNCc3ccncc3)cc1)cc1nncn12. The molecule has 0 radical (unpaired) electrons. The molecule has 0 saturated heterocycles. The van der Waals surface area contributed by atoms with Crippen molar-refractivity contribution in [3.8, 4) is 11.1 Å². The summed E-state index contributed by atoms with van der Waals surface area (Å²) in [4.78, 5) is 4.05. The van der Waals surface area contributed by atoms with Gasteiger partial charge in [0.15, 0.2) is 5.65 Å². The summed E-state index contributed by atoms with van der Waals surface area (Å²) < 4.78 is 2.02. The summed E-state index contributed by atoms with van der Waals surface area (Å²) in [6.45, 7) is 1.66. The maximum atomic E-state index is 4.24. The first-order chi connectivity index (χ1) is 13.9. The van der Waals surface area contributed by atoms with Crippen molar-refractivity contribution in [1.82, 2.24) is 24.9 Å². The van der Waals surface area contributed by atoms with E-state index in [-0.39, 0.29) is 0 Å². The lowest BCUT2D eigenvalue weighted by Gasteiger charge is -2.10. The first kappa shape index (κ1) is 16.6. The molecule has 28 heavy (non-hydrogen) atoms. The van der Waals surface area contributed by atoms with Crippen LogP contribution in [0.2, 0.25) is 0 Å². The lowest BCUT2D eigenvalue weighted by atomic mass is 10.00. The maximum absolute atomic E-state index is 4.24. The lowest BCUT2D eigenvalue weighted by Crippen LogP contribution is -2.12. The fourth-order valence-corrected chi connectivity index (χ4v) is 3.54. The summed E-state index contributed by atoms with van der Waals surface area (Å²) >= 11 is 0. The van der Waals surface area contributed by atoms with E-state index in [0.717, 1.165) is 24.3 Å². The second kappa shape index (κ2) is 7.21. The Bertz CT molecular complexity index is 1230. The molecule has 0 atom stereocenters. The van der Waals surface area contributed by atoms with E-state index < -0.39 is 0 Å². The second-order valence-electron chi connectivity index (χ2n) is 6.79. The van der Waals surface area contributed by atoms with Gasteiger partial charge in [0.05, 0.1) is 5.52 Å². The van der Waals surface area contributed by atoms with Gasteiger partial charge in [0.1, 0.15) is 6.33 Å². The topological polar surface area (TPSA) is 55.1 Å². The van der Waals surface area contributed by atoms with Gasteiger partial charge in [-0.25, -0.2) is 0 Å². The third-order valence-corrected chi connectivity index (χ3v) is 4.97. The molecular formula is C23H19N5. The Morgan fingerprint density at radius 2 is 1.57 bits per heavy atom. The first-order valence-electron chi connectivity index (χ1n) is 9.29. The van der Waals surface area contributed by atoms with Crippen molar-refractivity contribution in [3.63, 3.8) is 0 Å². The summed E-state index contributed by atoms with van der Waals surface area (Å²) in [6, 6.07) is 23.2. The standard InChI is InChI=1S/C23H19N5/c1-2-4-22-20(3-1)21(13-23-27-26-16-28(22)23)19-7-5-17(6-8-19)14-25-15-18-9-11-24-12-10-18/h1-13,16,25H,14-15H2. The van der Waals surface area contributed by atoms with E-state index in [0.29, 0.717) is 0 Å². The molecule has 5 rings (SSSR count). The molecule has 0 aliphatic rings. The molecule has 5 heteroatoms. The van der Waals surface area contributed by atoms with Crippen molar-refractivity contribution in [1.29, 1.82) is 0 Å². The van der Waals surface area contributed by atoms with Crippen molar-refractivity contribution in [2.75, 3.05) is 0 Å². The number of pyridine rings is 2. The molecule has 3 aromatic heterocycles. The Morgan fingerprint density at radius 3 is 2.39 bits per heavy atom. The Balaban J connectivity index is 1.41. The lowest BCUT2D eigenvalue weighted by molar-refractivity contribution is 0.693. The van der Waals surface area contributed by atoms with Crippen LogP contribution in [-0.2, 0) is 13.1 Å². The van der Waals surface area contributed by atoms with E-state index in [1.807, 2.05) is 35.0 Å². The third kappa shape index (κ3) is 3.12. The molecule has 0 aliphatic heterocycles. The molecule has 5 nitrogen and oxygen atoms in total. The monoisotopic (exact) mass is 365 g/mol. The molecule has 1 N–H and O–H groups in total. The van der Waals surface area contributed by atoms with Crippen molar-refractivity contribution in [2.45, 2.75) is 13.1 Å². The van der Waals surface area contributed by atoms with Gasteiger partial charge in [-0.1, -0.05) is 42.5 Å². The van der Waals surface area contributed by atoms with Crippen molar-refractivity contribution in [2.24, 2.45) is 0 Å². The summed E-state index contributed by atoms with van der Waals surface area (Å²) in [5.41, 5.74) is 6.82. The number of hydrogen-bond acceptors (Lipinski definition) is 4. The predicted molar refractivity (Wildman–Crippen MR) is 111 cm³/mol. The number of fused-ring (bicyclic) bond motifs is 3. The quantitative estimate of drug-likeness (QED) is 0.506. The summed E-state index contributed by atoms with van der Waals surface area (Å²) in [7, 11) is 0. The van der Waals surface area contributed by atoms with Crippen LogP contribution in [0, 0.1) is 0 Å². The molecule has 3 heterocycles. The highest BCUT2D eigenvalue weighted by Gasteiger charge is 2.09. The van der Waals surface area contributed by atoms with Crippen molar-refractivity contribution in [3.05, 3.63) is 96.6 Å². The van der Waals surface area contributed by atoms with E-state index >= 15 is 0 Å². The smallest absolute Gasteiger partial charge is 0.161 e. The second-order valence-corrected chi connectivity index (χ2v) is 6.79. The van der Waals surface area contributed by atoms with Crippen LogP contribution < -0.4 is 5.32 Å². The molecule has 0 bridgehead atoms. The van der Waals surface area contributed by atoms with Gasteiger partial charge in [-0.15, -0.1) is 10.2 Å². The van der Waals surface area contributed by atoms with Gasteiger partial charge in [0.2, 0.25) is 0 Å². The summed E-state index contributed by atoms with van der Waals surface area (Å²) in [6.07, 6.45) is 5.41. The highest BCUT2D eigenvalue weighted by molar-refractivity contribution is 5.97. The number of aromatic nitrogens is 4. The van der Waals surface area contributed by atoms with Crippen molar-refractivity contribution < 1.29 is 0 Å². The number of nitrogens with one attached hydrogen (secondary N) is 1. The zero-order valence-electron chi connectivity index (χ0n) is 15.3. The Kier molecular flexibility index (Phi) is 4.27. The van der Waals surface area contributed by atoms with Gasteiger partial charge in [0.25, 0.3) is 0 Å². The van der Waals surface area contributed by atoms with Gasteiger partial charge in [0, 0.05) is 30.9 Å². The molecule has 136 valence electrons. The normalized spacial score (nSPS) is 11.3. The number of hydrogen-bond donors (Lipinski definition) is 1. The van der Waals surface area contributed by atoms with E-state index in [9.17, 15) is 0 Å². The van der Waals surface area contributed by atoms with Gasteiger partial charge in [-0.3, -0.25) is 9.38 Å². The van der Waals surface area contributed by atoms with Gasteiger partial charge >= 0.3 is 0 Å². The molecule has 5 aromatic rings. The Labute approximate surface area is 162 Å². The first-order valence-corrected chi connectivity index (χ1v) is 9.29. The molecular weight excluding hydrogens is 346 g/mol. The van der Waals surface area contributed by atoms with E-state index in [2.05, 4.69) is 69.0 Å². The molecule has 0 fully saturated rings. The maximum Gasteiger partial charge on any atom is 0.161 e. The van der Waals surface area contributed by atoms with Crippen LogP contribution in [0.25, 0.3) is 27.7 Å². The predicted octanol–water partition coefficient (Wildman–Crippen LogP) is 4.23.